The van der Waals surface area contributed by atoms with Crippen LogP contribution in [0, 0.1) is 0 Å². The topological polar surface area (TPSA) is 57.7 Å². The van der Waals surface area contributed by atoms with Crippen LogP contribution in [0.2, 0.25) is 0 Å². The molecule has 0 bridgehead atoms. The molecule has 162 valence electrons. The van der Waals surface area contributed by atoms with Crippen LogP contribution in [0.4, 0.5) is 5.69 Å². The summed E-state index contributed by atoms with van der Waals surface area (Å²) in [7, 11) is 9.65. The van der Waals surface area contributed by atoms with Gasteiger partial charge in [0.25, 0.3) is 5.91 Å². The summed E-state index contributed by atoms with van der Waals surface area (Å²) < 4.78 is 5.50. The van der Waals surface area contributed by atoms with E-state index in [-0.39, 0.29) is 11.9 Å². The summed E-state index contributed by atoms with van der Waals surface area (Å²) in [6.07, 6.45) is 3.37. The number of methoxy groups -OCH3 is 1. The number of para-hydroxylation sites is 1. The number of anilines is 1. The molecule has 1 amide bonds. The molecule has 0 aliphatic carbocycles. The van der Waals surface area contributed by atoms with Crippen molar-refractivity contribution in [2.24, 2.45) is 0 Å². The molecule has 1 atom stereocenters. The number of hydrogen-bond acceptors (Lipinski definition) is 5. The van der Waals surface area contributed by atoms with Crippen molar-refractivity contribution in [2.75, 3.05) is 46.7 Å². The number of aromatic nitrogens is 1. The first-order valence-electron chi connectivity index (χ1n) is 10.2. The Morgan fingerprint density at radius 3 is 2.35 bits per heavy atom. The Balaban J connectivity index is 1.75. The molecule has 2 aromatic carbocycles. The van der Waals surface area contributed by atoms with E-state index in [0.29, 0.717) is 12.1 Å². The Labute approximate surface area is 184 Å². The summed E-state index contributed by atoms with van der Waals surface area (Å²) in [4.78, 5) is 21.3. The predicted molar refractivity (Wildman–Crippen MR) is 126 cm³/mol. The molecule has 3 rings (SSSR count). The van der Waals surface area contributed by atoms with Gasteiger partial charge in [-0.25, -0.2) is 0 Å². The maximum absolute atomic E-state index is 12.9. The second-order valence-corrected chi connectivity index (χ2v) is 7.83. The van der Waals surface area contributed by atoms with E-state index in [9.17, 15) is 4.79 Å². The predicted octanol–water partition coefficient (Wildman–Crippen LogP) is 3.86. The standard InChI is InChI=1S/C25H30N4O2/c1-28(2)21-12-10-18(11-13-21)19-14-20(16-26-15-19)25(30)27-17-23(29(3)4)22-8-6-7-9-24(22)31-5/h6-16,23H,17H2,1-5H3,(H,27,30). The van der Waals surface area contributed by atoms with E-state index in [1.54, 1.807) is 19.5 Å². The number of nitrogens with one attached hydrogen (secondary N) is 1. The van der Waals surface area contributed by atoms with Gasteiger partial charge < -0.3 is 19.9 Å². The van der Waals surface area contributed by atoms with Crippen LogP contribution in [0.5, 0.6) is 5.75 Å². The van der Waals surface area contributed by atoms with Crippen molar-refractivity contribution in [2.45, 2.75) is 6.04 Å². The number of carbonyl (C=O) groups is 1. The van der Waals surface area contributed by atoms with Gasteiger partial charge >= 0.3 is 0 Å². The van der Waals surface area contributed by atoms with Crippen LogP contribution in [0.15, 0.2) is 67.0 Å². The lowest BCUT2D eigenvalue weighted by molar-refractivity contribution is 0.0941. The monoisotopic (exact) mass is 418 g/mol. The fourth-order valence-electron chi connectivity index (χ4n) is 3.48. The van der Waals surface area contributed by atoms with Crippen molar-refractivity contribution in [1.82, 2.24) is 15.2 Å². The molecule has 0 spiro atoms. The Hall–Kier alpha value is -3.38. The van der Waals surface area contributed by atoms with Gasteiger partial charge in [-0.2, -0.15) is 0 Å². The number of rotatable bonds is 8. The molecule has 6 heteroatoms. The van der Waals surface area contributed by atoms with Gasteiger partial charge in [-0.3, -0.25) is 9.78 Å². The van der Waals surface area contributed by atoms with Gasteiger partial charge in [-0.15, -0.1) is 0 Å². The molecule has 31 heavy (non-hydrogen) atoms. The second-order valence-electron chi connectivity index (χ2n) is 7.83. The summed E-state index contributed by atoms with van der Waals surface area (Å²) >= 11 is 0. The molecule has 1 heterocycles. The minimum atomic E-state index is -0.152. The van der Waals surface area contributed by atoms with Crippen molar-refractivity contribution in [3.05, 3.63) is 78.1 Å². The van der Waals surface area contributed by atoms with Crippen molar-refractivity contribution in [3.8, 4) is 16.9 Å². The second kappa shape index (κ2) is 10.1. The van der Waals surface area contributed by atoms with Crippen LogP contribution < -0.4 is 15.0 Å². The molecule has 0 aliphatic heterocycles. The van der Waals surface area contributed by atoms with E-state index < -0.39 is 0 Å². The minimum absolute atomic E-state index is 0.0187. The number of nitrogens with zero attached hydrogens (tertiary/aromatic N) is 3. The van der Waals surface area contributed by atoms with E-state index in [4.69, 9.17) is 4.74 Å². The Morgan fingerprint density at radius 1 is 1.00 bits per heavy atom. The van der Waals surface area contributed by atoms with E-state index >= 15 is 0 Å². The van der Waals surface area contributed by atoms with Gasteiger partial charge in [-0.05, 0) is 43.9 Å². The molecule has 6 nitrogen and oxygen atoms in total. The van der Waals surface area contributed by atoms with Gasteiger partial charge in [0, 0.05) is 49.8 Å². The third-order valence-corrected chi connectivity index (χ3v) is 5.29. The molecule has 3 aromatic rings. The number of amides is 1. The van der Waals surface area contributed by atoms with Gasteiger partial charge in [0.1, 0.15) is 5.75 Å². The quantitative estimate of drug-likeness (QED) is 0.602. The zero-order chi connectivity index (χ0) is 22.4. The third-order valence-electron chi connectivity index (χ3n) is 5.29. The molecule has 1 N–H and O–H groups in total. The van der Waals surface area contributed by atoms with Crippen molar-refractivity contribution in [3.63, 3.8) is 0 Å². The molecule has 1 unspecified atom stereocenters. The number of carbonyl (C=O) groups excluding carboxylic acids is 1. The molecular formula is C25H30N4O2. The Bertz CT molecular complexity index is 1020. The summed E-state index contributed by atoms with van der Waals surface area (Å²) in [6.45, 7) is 0.452. The van der Waals surface area contributed by atoms with Crippen molar-refractivity contribution in [1.29, 1.82) is 0 Å². The van der Waals surface area contributed by atoms with Gasteiger partial charge in [0.15, 0.2) is 0 Å². The van der Waals surface area contributed by atoms with Crippen LogP contribution >= 0.6 is 0 Å². The first kappa shape index (κ1) is 22.3. The van der Waals surface area contributed by atoms with E-state index in [1.807, 2.05) is 70.7 Å². The maximum Gasteiger partial charge on any atom is 0.252 e. The lowest BCUT2D eigenvalue weighted by atomic mass is 10.0. The molecule has 0 fully saturated rings. The average molecular weight is 419 g/mol. The lowest BCUT2D eigenvalue weighted by Crippen LogP contribution is -2.34. The summed E-state index contributed by atoms with van der Waals surface area (Å²) in [5, 5.41) is 3.05. The summed E-state index contributed by atoms with van der Waals surface area (Å²) in [5.41, 5.74) is 4.62. The third kappa shape index (κ3) is 5.41. The largest absolute Gasteiger partial charge is 0.496 e. The molecule has 0 radical (unpaired) electrons. The molecule has 1 aromatic heterocycles. The van der Waals surface area contributed by atoms with Crippen LogP contribution in [0.1, 0.15) is 22.0 Å². The number of likely N-dealkylation sites (N-methyl/N-ethyl adjacent to an activating group) is 1. The fraction of sp³-hybridized carbons (Fsp3) is 0.280. The van der Waals surface area contributed by atoms with E-state index in [1.165, 1.54) is 0 Å². The lowest BCUT2D eigenvalue weighted by Gasteiger charge is -2.26. The summed E-state index contributed by atoms with van der Waals surface area (Å²) in [5.74, 6) is 0.654. The number of hydrogen-bond donors (Lipinski definition) is 1. The first-order chi connectivity index (χ1) is 14.9. The number of pyridine rings is 1. The zero-order valence-electron chi connectivity index (χ0n) is 18.8. The molecule has 0 saturated heterocycles. The van der Waals surface area contributed by atoms with Crippen LogP contribution in [0.25, 0.3) is 11.1 Å². The molecule has 0 saturated carbocycles. The highest BCUT2D eigenvalue weighted by atomic mass is 16.5. The van der Waals surface area contributed by atoms with Crippen LogP contribution in [-0.2, 0) is 0 Å². The van der Waals surface area contributed by atoms with Gasteiger partial charge in [0.05, 0.1) is 18.7 Å². The van der Waals surface area contributed by atoms with E-state index in [2.05, 4.69) is 32.2 Å². The van der Waals surface area contributed by atoms with Gasteiger partial charge in [-0.1, -0.05) is 30.3 Å². The highest BCUT2D eigenvalue weighted by Crippen LogP contribution is 2.27. The Morgan fingerprint density at radius 2 is 1.71 bits per heavy atom. The minimum Gasteiger partial charge on any atom is -0.496 e. The average Bonchev–Trinajstić information content (AvgIpc) is 2.79. The summed E-state index contributed by atoms with van der Waals surface area (Å²) in [6, 6.07) is 17.9. The highest BCUT2D eigenvalue weighted by Gasteiger charge is 2.19. The van der Waals surface area contributed by atoms with Crippen molar-refractivity contribution < 1.29 is 9.53 Å². The fourth-order valence-corrected chi connectivity index (χ4v) is 3.48. The van der Waals surface area contributed by atoms with Crippen LogP contribution in [-0.4, -0.2) is 57.6 Å². The van der Waals surface area contributed by atoms with Gasteiger partial charge in [0.2, 0.25) is 0 Å². The maximum atomic E-state index is 12.9. The SMILES string of the molecule is COc1ccccc1C(CNC(=O)c1cncc(-c2ccc(N(C)C)cc2)c1)N(C)C. The normalized spacial score (nSPS) is 11.8. The number of benzene rings is 2. The number of ether oxygens (including phenoxy) is 1. The highest BCUT2D eigenvalue weighted by molar-refractivity contribution is 5.95. The molecular weight excluding hydrogens is 388 g/mol. The first-order valence-corrected chi connectivity index (χ1v) is 10.2. The molecule has 0 aliphatic rings. The van der Waals surface area contributed by atoms with Crippen LogP contribution in [0.3, 0.4) is 0 Å². The smallest absolute Gasteiger partial charge is 0.252 e. The zero-order valence-corrected chi connectivity index (χ0v) is 18.8. The van der Waals surface area contributed by atoms with E-state index in [0.717, 1.165) is 28.1 Å². The Kier molecular flexibility index (Phi) is 7.26. The van der Waals surface area contributed by atoms with Crippen molar-refractivity contribution >= 4 is 11.6 Å².